The molecule has 0 heterocycles. The van der Waals surface area contributed by atoms with Gasteiger partial charge in [-0.15, -0.1) is 0 Å². The molecule has 0 radical (unpaired) electrons. The number of fused-ring (bicyclic) bond motifs is 5. The molecule has 4 fully saturated rings. The Balaban J connectivity index is 1.57. The van der Waals surface area contributed by atoms with E-state index in [2.05, 4.69) is 27.7 Å². The molecule has 0 bridgehead atoms. The van der Waals surface area contributed by atoms with Crippen molar-refractivity contribution in [2.45, 2.75) is 105 Å². The van der Waals surface area contributed by atoms with Gasteiger partial charge in [0.15, 0.2) is 0 Å². The highest BCUT2D eigenvalue weighted by atomic mass is 14.6. The van der Waals surface area contributed by atoms with Gasteiger partial charge < -0.3 is 0 Å². The summed E-state index contributed by atoms with van der Waals surface area (Å²) in [5.74, 6) is 6.30. The largest absolute Gasteiger partial charge is 0.0654 e. The Morgan fingerprint density at radius 2 is 1.62 bits per heavy atom. The molecule has 0 saturated heterocycles. The van der Waals surface area contributed by atoms with Crippen LogP contribution >= 0.6 is 0 Å². The Labute approximate surface area is 151 Å². The standard InChI is InChI=1S/C24H42/c1-5-8-17(2)20-12-13-21-19-11-10-18-9-6-7-15-23(18,3)22(19)14-16-24(20,21)4/h17-22H,5-16H2,1-4H3/t17-,18?,19+,20-,21?,22?,23+,24-/m1/s1. The molecule has 0 amide bonds. The second kappa shape index (κ2) is 6.31. The summed E-state index contributed by atoms with van der Waals surface area (Å²) >= 11 is 0. The van der Waals surface area contributed by atoms with Gasteiger partial charge in [-0.1, -0.05) is 53.4 Å². The van der Waals surface area contributed by atoms with Crippen LogP contribution in [0.3, 0.4) is 0 Å². The first-order chi connectivity index (χ1) is 11.5. The van der Waals surface area contributed by atoms with E-state index in [-0.39, 0.29) is 0 Å². The molecule has 24 heavy (non-hydrogen) atoms. The molecule has 0 aliphatic heterocycles. The van der Waals surface area contributed by atoms with Crippen LogP contribution in [0.1, 0.15) is 105 Å². The van der Waals surface area contributed by atoms with Crippen LogP contribution in [0.25, 0.3) is 0 Å². The van der Waals surface area contributed by atoms with Crippen molar-refractivity contribution in [1.29, 1.82) is 0 Å². The summed E-state index contributed by atoms with van der Waals surface area (Å²) in [5.41, 5.74) is 1.41. The maximum Gasteiger partial charge on any atom is -0.0264 e. The number of rotatable bonds is 3. The lowest BCUT2D eigenvalue weighted by Gasteiger charge is -2.61. The molecule has 4 rings (SSSR count). The zero-order valence-electron chi connectivity index (χ0n) is 16.9. The zero-order chi connectivity index (χ0) is 16.9. The third kappa shape index (κ3) is 2.44. The van der Waals surface area contributed by atoms with Gasteiger partial charge in [0.05, 0.1) is 0 Å². The average molecular weight is 331 g/mol. The summed E-state index contributed by atoms with van der Waals surface area (Å²) in [5, 5.41) is 0. The van der Waals surface area contributed by atoms with Crippen LogP contribution < -0.4 is 0 Å². The first kappa shape index (κ1) is 17.4. The Kier molecular flexibility index (Phi) is 4.58. The molecule has 0 heteroatoms. The van der Waals surface area contributed by atoms with Gasteiger partial charge in [-0.2, -0.15) is 0 Å². The average Bonchev–Trinajstić information content (AvgIpc) is 2.92. The Hall–Kier alpha value is 0. The monoisotopic (exact) mass is 330 g/mol. The van der Waals surface area contributed by atoms with Crippen LogP contribution in [0.15, 0.2) is 0 Å². The molecule has 4 aliphatic rings. The van der Waals surface area contributed by atoms with E-state index in [9.17, 15) is 0 Å². The van der Waals surface area contributed by atoms with Crippen molar-refractivity contribution < 1.29 is 0 Å². The molecule has 0 aromatic heterocycles. The molecule has 0 nitrogen and oxygen atoms in total. The molecular formula is C24H42. The molecule has 4 saturated carbocycles. The minimum absolute atomic E-state index is 0.688. The lowest BCUT2D eigenvalue weighted by atomic mass is 9.44. The van der Waals surface area contributed by atoms with E-state index >= 15 is 0 Å². The van der Waals surface area contributed by atoms with Crippen LogP contribution in [0.5, 0.6) is 0 Å². The van der Waals surface area contributed by atoms with Crippen LogP contribution in [-0.2, 0) is 0 Å². The third-order valence-electron chi connectivity index (χ3n) is 10.1. The van der Waals surface area contributed by atoms with Gasteiger partial charge in [-0.25, -0.2) is 0 Å². The van der Waals surface area contributed by atoms with E-state index in [0.29, 0.717) is 5.41 Å². The summed E-state index contributed by atoms with van der Waals surface area (Å²) in [7, 11) is 0. The molecular weight excluding hydrogens is 288 g/mol. The molecule has 4 aliphatic carbocycles. The van der Waals surface area contributed by atoms with Crippen molar-refractivity contribution in [3.05, 3.63) is 0 Å². The molecule has 0 spiro atoms. The lowest BCUT2D eigenvalue weighted by molar-refractivity contribution is -0.114. The zero-order valence-corrected chi connectivity index (χ0v) is 16.9. The molecule has 3 unspecified atom stereocenters. The fraction of sp³-hybridized carbons (Fsp3) is 1.00. The van der Waals surface area contributed by atoms with E-state index in [4.69, 9.17) is 0 Å². The van der Waals surface area contributed by atoms with E-state index in [0.717, 1.165) is 40.9 Å². The van der Waals surface area contributed by atoms with Gasteiger partial charge in [0.1, 0.15) is 0 Å². The van der Waals surface area contributed by atoms with E-state index in [1.807, 2.05) is 0 Å². The molecule has 138 valence electrons. The fourth-order valence-corrected chi connectivity index (χ4v) is 8.93. The maximum absolute atomic E-state index is 2.73. The SMILES string of the molecule is CCC[C@@H](C)[C@H]1CCC2[C@@H]3CCC4CCCC[C@]4(C)C3CC[C@@]21C. The van der Waals surface area contributed by atoms with Crippen LogP contribution in [0.4, 0.5) is 0 Å². The van der Waals surface area contributed by atoms with Gasteiger partial charge in [0, 0.05) is 0 Å². The van der Waals surface area contributed by atoms with Crippen molar-refractivity contribution >= 4 is 0 Å². The quantitative estimate of drug-likeness (QED) is 0.503. The predicted molar refractivity (Wildman–Crippen MR) is 104 cm³/mol. The summed E-state index contributed by atoms with van der Waals surface area (Å²) in [6.45, 7) is 10.4. The third-order valence-corrected chi connectivity index (χ3v) is 10.1. The fourth-order valence-electron chi connectivity index (χ4n) is 8.93. The topological polar surface area (TPSA) is 0 Å². The van der Waals surface area contributed by atoms with E-state index in [1.54, 1.807) is 51.4 Å². The molecule has 0 aromatic carbocycles. The Bertz CT molecular complexity index is 453. The molecule has 0 N–H and O–H groups in total. The van der Waals surface area contributed by atoms with Crippen molar-refractivity contribution in [3.8, 4) is 0 Å². The summed E-state index contributed by atoms with van der Waals surface area (Å²) < 4.78 is 0. The normalized spacial score (nSPS) is 52.2. The second-order valence-electron chi connectivity index (χ2n) is 10.9. The van der Waals surface area contributed by atoms with Crippen LogP contribution in [0.2, 0.25) is 0 Å². The van der Waals surface area contributed by atoms with E-state index in [1.165, 1.54) is 25.7 Å². The van der Waals surface area contributed by atoms with Gasteiger partial charge in [-0.05, 0) is 97.7 Å². The first-order valence-corrected chi connectivity index (χ1v) is 11.5. The van der Waals surface area contributed by atoms with Crippen LogP contribution in [-0.4, -0.2) is 0 Å². The minimum Gasteiger partial charge on any atom is -0.0654 e. The highest BCUT2D eigenvalue weighted by molar-refractivity contribution is 5.09. The number of hydrogen-bond donors (Lipinski definition) is 0. The summed E-state index contributed by atoms with van der Waals surface area (Å²) in [4.78, 5) is 0. The summed E-state index contributed by atoms with van der Waals surface area (Å²) in [6, 6.07) is 0. The van der Waals surface area contributed by atoms with Gasteiger partial charge in [0.2, 0.25) is 0 Å². The first-order valence-electron chi connectivity index (χ1n) is 11.5. The van der Waals surface area contributed by atoms with Gasteiger partial charge in [-0.3, -0.25) is 0 Å². The maximum atomic E-state index is 2.73. The predicted octanol–water partition coefficient (Wildman–Crippen LogP) is 7.47. The van der Waals surface area contributed by atoms with Gasteiger partial charge in [0.25, 0.3) is 0 Å². The van der Waals surface area contributed by atoms with Gasteiger partial charge >= 0.3 is 0 Å². The molecule has 8 atom stereocenters. The Morgan fingerprint density at radius 3 is 2.42 bits per heavy atom. The van der Waals surface area contributed by atoms with E-state index < -0.39 is 0 Å². The molecule has 0 aromatic rings. The Morgan fingerprint density at radius 1 is 0.833 bits per heavy atom. The van der Waals surface area contributed by atoms with Crippen molar-refractivity contribution in [2.75, 3.05) is 0 Å². The summed E-state index contributed by atoms with van der Waals surface area (Å²) in [6.07, 6.45) is 18.4. The second-order valence-corrected chi connectivity index (χ2v) is 10.9. The highest BCUT2D eigenvalue weighted by Gasteiger charge is 2.59. The van der Waals surface area contributed by atoms with Crippen molar-refractivity contribution in [3.63, 3.8) is 0 Å². The number of hydrogen-bond acceptors (Lipinski definition) is 0. The smallest absolute Gasteiger partial charge is 0.0264 e. The van der Waals surface area contributed by atoms with Crippen molar-refractivity contribution in [2.24, 2.45) is 46.3 Å². The minimum atomic E-state index is 0.688. The van der Waals surface area contributed by atoms with Crippen LogP contribution in [0, 0.1) is 46.3 Å². The van der Waals surface area contributed by atoms with Crippen molar-refractivity contribution in [1.82, 2.24) is 0 Å². The lowest BCUT2D eigenvalue weighted by Crippen LogP contribution is -2.53. The highest BCUT2D eigenvalue weighted by Crippen LogP contribution is 2.68.